The van der Waals surface area contributed by atoms with Gasteiger partial charge in [0.05, 0.1) is 0 Å². The maximum absolute atomic E-state index is 12.9. The monoisotopic (exact) mass is 168 g/mol. The van der Waals surface area contributed by atoms with Crippen LogP contribution in [0, 0.1) is 0 Å². The van der Waals surface area contributed by atoms with Crippen molar-refractivity contribution in [2.45, 2.75) is 38.5 Å². The Labute approximate surface area is 71.9 Å². The van der Waals surface area contributed by atoms with E-state index in [1.165, 1.54) is 0 Å². The summed E-state index contributed by atoms with van der Waals surface area (Å²) in [6, 6.07) is 0. The van der Waals surface area contributed by atoms with Crippen molar-refractivity contribution in [1.82, 2.24) is 0 Å². The van der Waals surface area contributed by atoms with Crippen LogP contribution in [-0.2, 0) is 4.74 Å². The SMILES string of the molecule is CC1(C)CC2=CC(F)CC=C2O1. The number of halogens is 1. The van der Waals surface area contributed by atoms with E-state index in [-0.39, 0.29) is 5.60 Å². The molecule has 1 fully saturated rings. The zero-order valence-electron chi connectivity index (χ0n) is 7.43. The Hall–Kier alpha value is -0.790. The molecule has 0 bridgehead atoms. The minimum Gasteiger partial charge on any atom is -0.488 e. The summed E-state index contributed by atoms with van der Waals surface area (Å²) < 4.78 is 18.5. The molecule has 0 saturated carbocycles. The van der Waals surface area contributed by atoms with Crippen LogP contribution < -0.4 is 0 Å². The summed E-state index contributed by atoms with van der Waals surface area (Å²) in [5.74, 6) is 0.897. The van der Waals surface area contributed by atoms with Gasteiger partial charge in [-0.15, -0.1) is 0 Å². The first kappa shape index (κ1) is 7.84. The summed E-state index contributed by atoms with van der Waals surface area (Å²) >= 11 is 0. The van der Waals surface area contributed by atoms with Crippen LogP contribution in [0.2, 0.25) is 0 Å². The van der Waals surface area contributed by atoms with E-state index in [4.69, 9.17) is 4.74 Å². The predicted octanol–water partition coefficient (Wildman–Crippen LogP) is 2.74. The van der Waals surface area contributed by atoms with E-state index in [0.29, 0.717) is 6.42 Å². The molecular formula is C10H13FO. The van der Waals surface area contributed by atoms with Gasteiger partial charge in [0.2, 0.25) is 0 Å². The van der Waals surface area contributed by atoms with Crippen LogP contribution in [-0.4, -0.2) is 11.8 Å². The maximum Gasteiger partial charge on any atom is 0.123 e. The third kappa shape index (κ3) is 1.26. The van der Waals surface area contributed by atoms with Crippen molar-refractivity contribution < 1.29 is 9.13 Å². The fraction of sp³-hybridized carbons (Fsp3) is 0.600. The first-order chi connectivity index (χ1) is 5.57. The van der Waals surface area contributed by atoms with E-state index in [9.17, 15) is 4.39 Å². The van der Waals surface area contributed by atoms with Crippen molar-refractivity contribution in [3.05, 3.63) is 23.5 Å². The van der Waals surface area contributed by atoms with Gasteiger partial charge in [-0.05, 0) is 31.6 Å². The predicted molar refractivity (Wildman–Crippen MR) is 45.5 cm³/mol. The summed E-state index contributed by atoms with van der Waals surface area (Å²) in [5.41, 5.74) is 0.903. The molecule has 0 radical (unpaired) electrons. The fourth-order valence-electron chi connectivity index (χ4n) is 1.76. The molecule has 0 aromatic heterocycles. The molecular weight excluding hydrogens is 155 g/mol. The molecule has 1 nitrogen and oxygen atoms in total. The Morgan fingerprint density at radius 2 is 2.33 bits per heavy atom. The van der Waals surface area contributed by atoms with Gasteiger partial charge in [-0.1, -0.05) is 0 Å². The summed E-state index contributed by atoms with van der Waals surface area (Å²) in [6.45, 7) is 4.06. The molecule has 0 amide bonds. The van der Waals surface area contributed by atoms with Gasteiger partial charge in [0.25, 0.3) is 0 Å². The number of ether oxygens (including phenoxy) is 1. The van der Waals surface area contributed by atoms with Crippen molar-refractivity contribution in [3.8, 4) is 0 Å². The molecule has 0 aromatic carbocycles. The van der Waals surface area contributed by atoms with Crippen molar-refractivity contribution in [2.24, 2.45) is 0 Å². The van der Waals surface area contributed by atoms with Crippen LogP contribution in [0.15, 0.2) is 23.5 Å². The molecule has 1 atom stereocenters. The van der Waals surface area contributed by atoms with Gasteiger partial charge in [0.1, 0.15) is 17.5 Å². The lowest BCUT2D eigenvalue weighted by molar-refractivity contribution is 0.0758. The molecule has 1 saturated heterocycles. The van der Waals surface area contributed by atoms with Gasteiger partial charge in [-0.3, -0.25) is 0 Å². The normalized spacial score (nSPS) is 31.8. The second kappa shape index (κ2) is 2.35. The lowest BCUT2D eigenvalue weighted by atomic mass is 9.97. The zero-order chi connectivity index (χ0) is 8.77. The van der Waals surface area contributed by atoms with Crippen LogP contribution in [0.3, 0.4) is 0 Å². The smallest absolute Gasteiger partial charge is 0.123 e. The second-order valence-corrected chi connectivity index (χ2v) is 4.05. The van der Waals surface area contributed by atoms with Gasteiger partial charge in [0, 0.05) is 12.8 Å². The number of hydrogen-bond donors (Lipinski definition) is 0. The maximum atomic E-state index is 12.9. The standard InChI is InChI=1S/C10H13FO/c1-10(2)6-7-5-8(11)3-4-9(7)12-10/h4-5,8H,3,6H2,1-2H3. The minimum absolute atomic E-state index is 0.137. The Morgan fingerprint density at radius 3 is 3.08 bits per heavy atom. The molecule has 1 aliphatic carbocycles. The highest BCUT2D eigenvalue weighted by Crippen LogP contribution is 2.39. The quantitative estimate of drug-likeness (QED) is 0.540. The highest BCUT2D eigenvalue weighted by Gasteiger charge is 2.34. The minimum atomic E-state index is -0.804. The van der Waals surface area contributed by atoms with E-state index >= 15 is 0 Å². The summed E-state index contributed by atoms with van der Waals surface area (Å²) in [5, 5.41) is 0. The van der Waals surface area contributed by atoms with Gasteiger partial charge in [-0.25, -0.2) is 4.39 Å². The van der Waals surface area contributed by atoms with Crippen molar-refractivity contribution in [2.75, 3.05) is 0 Å². The summed E-state index contributed by atoms with van der Waals surface area (Å²) in [7, 11) is 0. The third-order valence-corrected chi connectivity index (χ3v) is 2.23. The van der Waals surface area contributed by atoms with E-state index in [1.807, 2.05) is 19.9 Å². The van der Waals surface area contributed by atoms with Crippen molar-refractivity contribution >= 4 is 0 Å². The molecule has 1 unspecified atom stereocenters. The highest BCUT2D eigenvalue weighted by atomic mass is 19.1. The first-order valence-electron chi connectivity index (χ1n) is 4.31. The molecule has 2 aliphatic rings. The van der Waals surface area contributed by atoms with Gasteiger partial charge in [0.15, 0.2) is 0 Å². The van der Waals surface area contributed by atoms with E-state index < -0.39 is 6.17 Å². The number of fused-ring (bicyclic) bond motifs is 1. The van der Waals surface area contributed by atoms with Crippen molar-refractivity contribution in [3.63, 3.8) is 0 Å². The number of alkyl halides is 1. The van der Waals surface area contributed by atoms with Crippen LogP contribution in [0.25, 0.3) is 0 Å². The Bertz CT molecular complexity index is 263. The van der Waals surface area contributed by atoms with Crippen LogP contribution in [0.1, 0.15) is 26.7 Å². The van der Waals surface area contributed by atoms with Gasteiger partial charge >= 0.3 is 0 Å². The molecule has 0 aromatic rings. The fourth-order valence-corrected chi connectivity index (χ4v) is 1.76. The molecule has 1 heterocycles. The van der Waals surface area contributed by atoms with E-state index in [1.54, 1.807) is 6.08 Å². The van der Waals surface area contributed by atoms with E-state index in [0.717, 1.165) is 17.8 Å². The third-order valence-electron chi connectivity index (χ3n) is 2.23. The Balaban J connectivity index is 2.27. The largest absolute Gasteiger partial charge is 0.488 e. The molecule has 0 spiro atoms. The zero-order valence-corrected chi connectivity index (χ0v) is 7.43. The van der Waals surface area contributed by atoms with Crippen LogP contribution >= 0.6 is 0 Å². The highest BCUT2D eigenvalue weighted by molar-refractivity contribution is 5.36. The van der Waals surface area contributed by atoms with Crippen molar-refractivity contribution in [1.29, 1.82) is 0 Å². The topological polar surface area (TPSA) is 9.23 Å². The number of rotatable bonds is 0. The number of allylic oxidation sites excluding steroid dienone is 3. The Kier molecular flexibility index (Phi) is 1.53. The summed E-state index contributed by atoms with van der Waals surface area (Å²) in [6.07, 6.45) is 4.04. The second-order valence-electron chi connectivity index (χ2n) is 4.05. The molecule has 66 valence electrons. The first-order valence-corrected chi connectivity index (χ1v) is 4.31. The molecule has 2 rings (SSSR count). The average Bonchev–Trinajstić information content (AvgIpc) is 2.21. The molecule has 0 N–H and O–H groups in total. The average molecular weight is 168 g/mol. The molecule has 2 heteroatoms. The Morgan fingerprint density at radius 1 is 1.58 bits per heavy atom. The lowest BCUT2D eigenvalue weighted by Gasteiger charge is -2.16. The number of hydrogen-bond acceptors (Lipinski definition) is 1. The summed E-state index contributed by atoms with van der Waals surface area (Å²) in [4.78, 5) is 0. The van der Waals surface area contributed by atoms with Gasteiger partial charge in [-0.2, -0.15) is 0 Å². The van der Waals surface area contributed by atoms with Crippen LogP contribution in [0.4, 0.5) is 4.39 Å². The van der Waals surface area contributed by atoms with Crippen LogP contribution in [0.5, 0.6) is 0 Å². The van der Waals surface area contributed by atoms with E-state index in [2.05, 4.69) is 0 Å². The van der Waals surface area contributed by atoms with Gasteiger partial charge < -0.3 is 4.74 Å². The molecule has 12 heavy (non-hydrogen) atoms. The lowest BCUT2D eigenvalue weighted by Crippen LogP contribution is -2.15. The molecule has 1 aliphatic heterocycles.